The summed E-state index contributed by atoms with van der Waals surface area (Å²) in [5.41, 5.74) is 0.683. The largest absolute Gasteiger partial charge is 0.469 e. The number of nitro groups is 1. The average molecular weight is 290 g/mol. The molecule has 0 aliphatic rings. The van der Waals surface area contributed by atoms with Gasteiger partial charge in [-0.1, -0.05) is 6.92 Å². The molecule has 0 aliphatic carbocycles. The number of hydrogen-bond donors (Lipinski definition) is 0. The number of aromatic nitrogens is 3. The van der Waals surface area contributed by atoms with Crippen LogP contribution in [0.25, 0.3) is 11.4 Å². The number of esters is 1. The van der Waals surface area contributed by atoms with E-state index in [0.29, 0.717) is 17.9 Å². The van der Waals surface area contributed by atoms with Gasteiger partial charge in [0.25, 0.3) is 5.69 Å². The van der Waals surface area contributed by atoms with Crippen molar-refractivity contribution in [2.24, 2.45) is 5.92 Å². The van der Waals surface area contributed by atoms with Gasteiger partial charge in [0.2, 0.25) is 0 Å². The fourth-order valence-corrected chi connectivity index (χ4v) is 1.80. The Hall–Kier alpha value is -2.77. The van der Waals surface area contributed by atoms with E-state index in [4.69, 9.17) is 0 Å². The summed E-state index contributed by atoms with van der Waals surface area (Å²) in [6.07, 6.45) is 1.51. The number of carbonyl (C=O) groups is 1. The molecule has 8 nitrogen and oxygen atoms in total. The maximum Gasteiger partial charge on any atom is 0.310 e. The van der Waals surface area contributed by atoms with Crippen LogP contribution in [0.3, 0.4) is 0 Å². The van der Waals surface area contributed by atoms with Gasteiger partial charge in [-0.05, 0) is 12.1 Å². The number of rotatable bonds is 5. The molecule has 1 aromatic heterocycles. The Morgan fingerprint density at radius 3 is 2.67 bits per heavy atom. The number of carbonyl (C=O) groups excluding carboxylic acids is 1. The Labute approximate surface area is 120 Å². The van der Waals surface area contributed by atoms with E-state index in [9.17, 15) is 14.9 Å². The summed E-state index contributed by atoms with van der Waals surface area (Å²) in [5.74, 6) is -0.203. The molecule has 0 bridgehead atoms. The molecule has 0 saturated carbocycles. The van der Waals surface area contributed by atoms with Gasteiger partial charge < -0.3 is 4.74 Å². The smallest absolute Gasteiger partial charge is 0.310 e. The van der Waals surface area contributed by atoms with Gasteiger partial charge in [0.15, 0.2) is 5.82 Å². The van der Waals surface area contributed by atoms with Crippen molar-refractivity contribution in [2.45, 2.75) is 13.5 Å². The molecule has 1 heterocycles. The normalized spacial score (nSPS) is 11.9. The Morgan fingerprint density at radius 1 is 1.43 bits per heavy atom. The minimum Gasteiger partial charge on any atom is -0.469 e. The molecule has 0 fully saturated rings. The predicted octanol–water partition coefficient (Wildman–Crippen LogP) is 1.66. The third-order valence-corrected chi connectivity index (χ3v) is 2.94. The van der Waals surface area contributed by atoms with Gasteiger partial charge in [-0.3, -0.25) is 19.6 Å². The van der Waals surface area contributed by atoms with Gasteiger partial charge in [0.05, 0.1) is 24.5 Å². The summed E-state index contributed by atoms with van der Waals surface area (Å²) in [6.45, 7) is 2.09. The first kappa shape index (κ1) is 14.6. The van der Waals surface area contributed by atoms with E-state index in [1.54, 1.807) is 23.7 Å². The lowest BCUT2D eigenvalue weighted by Gasteiger charge is -2.07. The molecule has 1 atom stereocenters. The topological polar surface area (TPSA) is 100 Å². The summed E-state index contributed by atoms with van der Waals surface area (Å²) in [4.78, 5) is 25.6. The highest BCUT2D eigenvalue weighted by Crippen LogP contribution is 2.19. The lowest BCUT2D eigenvalue weighted by molar-refractivity contribution is -0.384. The molecule has 0 aliphatic heterocycles. The third kappa shape index (κ3) is 3.41. The Balaban J connectivity index is 2.12. The molecular formula is C13H14N4O4. The van der Waals surface area contributed by atoms with Crippen LogP contribution in [0.2, 0.25) is 0 Å². The Morgan fingerprint density at radius 2 is 2.10 bits per heavy atom. The van der Waals surface area contributed by atoms with E-state index in [0.717, 1.165) is 0 Å². The summed E-state index contributed by atoms with van der Waals surface area (Å²) in [7, 11) is 1.34. The molecule has 0 spiro atoms. The summed E-state index contributed by atoms with van der Waals surface area (Å²) >= 11 is 0. The van der Waals surface area contributed by atoms with Gasteiger partial charge in [0, 0.05) is 17.7 Å². The molecule has 8 heteroatoms. The molecule has 1 unspecified atom stereocenters. The zero-order valence-corrected chi connectivity index (χ0v) is 11.6. The van der Waals surface area contributed by atoms with E-state index in [1.165, 1.54) is 25.6 Å². The van der Waals surface area contributed by atoms with Crippen molar-refractivity contribution in [1.29, 1.82) is 0 Å². The number of nitrogens with zero attached hydrogens (tertiary/aromatic N) is 4. The highest BCUT2D eigenvalue weighted by molar-refractivity contribution is 5.71. The lowest BCUT2D eigenvalue weighted by atomic mass is 10.2. The standard InChI is InChI=1S/C13H14N4O4/c1-9(13(18)21-2)7-16-8-14-12(15-16)10-3-5-11(6-4-10)17(19)20/h3-6,8-9H,7H2,1-2H3. The zero-order chi connectivity index (χ0) is 15.4. The van der Waals surface area contributed by atoms with E-state index < -0.39 is 4.92 Å². The molecular weight excluding hydrogens is 276 g/mol. The number of hydrogen-bond acceptors (Lipinski definition) is 6. The fraction of sp³-hybridized carbons (Fsp3) is 0.308. The molecule has 0 amide bonds. The molecule has 21 heavy (non-hydrogen) atoms. The molecule has 0 N–H and O–H groups in total. The number of non-ortho nitro benzene ring substituents is 1. The van der Waals surface area contributed by atoms with Crippen LogP contribution in [-0.4, -0.2) is 32.8 Å². The third-order valence-electron chi connectivity index (χ3n) is 2.94. The van der Waals surface area contributed by atoms with Crippen molar-refractivity contribution in [3.05, 3.63) is 40.7 Å². The van der Waals surface area contributed by atoms with Crippen LogP contribution < -0.4 is 0 Å². The van der Waals surface area contributed by atoms with Crippen LogP contribution in [0, 0.1) is 16.0 Å². The van der Waals surface area contributed by atoms with Gasteiger partial charge >= 0.3 is 5.97 Å². The molecule has 0 radical (unpaired) electrons. The Kier molecular flexibility index (Phi) is 4.27. The summed E-state index contributed by atoms with van der Waals surface area (Å²) in [5, 5.41) is 14.8. The number of methoxy groups -OCH3 is 1. The second-order valence-corrected chi connectivity index (χ2v) is 4.52. The van der Waals surface area contributed by atoms with Crippen molar-refractivity contribution < 1.29 is 14.5 Å². The fourth-order valence-electron chi connectivity index (χ4n) is 1.80. The molecule has 1 aromatic carbocycles. The summed E-state index contributed by atoms with van der Waals surface area (Å²) < 4.78 is 6.19. The Bertz CT molecular complexity index is 650. The first-order valence-electron chi connectivity index (χ1n) is 6.23. The number of benzene rings is 1. The molecule has 2 aromatic rings. The van der Waals surface area contributed by atoms with Crippen molar-refractivity contribution in [2.75, 3.05) is 7.11 Å². The lowest BCUT2D eigenvalue weighted by Crippen LogP contribution is -2.19. The van der Waals surface area contributed by atoms with E-state index in [1.807, 2.05) is 0 Å². The van der Waals surface area contributed by atoms with Gasteiger partial charge in [-0.25, -0.2) is 4.98 Å². The van der Waals surface area contributed by atoms with Crippen LogP contribution >= 0.6 is 0 Å². The second kappa shape index (κ2) is 6.12. The van der Waals surface area contributed by atoms with Crippen molar-refractivity contribution in [3.63, 3.8) is 0 Å². The van der Waals surface area contributed by atoms with Crippen molar-refractivity contribution >= 4 is 11.7 Å². The quantitative estimate of drug-likeness (QED) is 0.471. The maximum absolute atomic E-state index is 11.3. The van der Waals surface area contributed by atoms with Crippen LogP contribution in [0.4, 0.5) is 5.69 Å². The van der Waals surface area contributed by atoms with Gasteiger partial charge in [-0.15, -0.1) is 0 Å². The highest BCUT2D eigenvalue weighted by atomic mass is 16.6. The highest BCUT2D eigenvalue weighted by Gasteiger charge is 2.15. The van der Waals surface area contributed by atoms with Gasteiger partial charge in [-0.2, -0.15) is 5.10 Å². The average Bonchev–Trinajstić information content (AvgIpc) is 2.94. The van der Waals surface area contributed by atoms with E-state index in [-0.39, 0.29) is 17.6 Å². The minimum atomic E-state index is -0.464. The summed E-state index contributed by atoms with van der Waals surface area (Å²) in [6, 6.07) is 5.96. The van der Waals surface area contributed by atoms with Crippen LogP contribution in [0.1, 0.15) is 6.92 Å². The molecule has 110 valence electrons. The first-order chi connectivity index (χ1) is 10.0. The van der Waals surface area contributed by atoms with Crippen LogP contribution in [0.15, 0.2) is 30.6 Å². The minimum absolute atomic E-state index is 0.0116. The molecule has 2 rings (SSSR count). The van der Waals surface area contributed by atoms with E-state index in [2.05, 4.69) is 14.8 Å². The SMILES string of the molecule is COC(=O)C(C)Cn1cnc(-c2ccc([N+](=O)[O-])cc2)n1. The number of ether oxygens (including phenoxy) is 1. The van der Waals surface area contributed by atoms with Crippen molar-refractivity contribution in [1.82, 2.24) is 14.8 Å². The molecule has 0 saturated heterocycles. The van der Waals surface area contributed by atoms with Gasteiger partial charge in [0.1, 0.15) is 6.33 Å². The van der Waals surface area contributed by atoms with Crippen molar-refractivity contribution in [3.8, 4) is 11.4 Å². The monoisotopic (exact) mass is 290 g/mol. The predicted molar refractivity (Wildman–Crippen MR) is 73.3 cm³/mol. The second-order valence-electron chi connectivity index (χ2n) is 4.52. The van der Waals surface area contributed by atoms with E-state index >= 15 is 0 Å². The number of nitro benzene ring substituents is 1. The zero-order valence-electron chi connectivity index (χ0n) is 11.6. The maximum atomic E-state index is 11.3. The van der Waals surface area contributed by atoms with Crippen LogP contribution in [0.5, 0.6) is 0 Å². The first-order valence-corrected chi connectivity index (χ1v) is 6.23. The van der Waals surface area contributed by atoms with Crippen LogP contribution in [-0.2, 0) is 16.1 Å².